The van der Waals surface area contributed by atoms with Gasteiger partial charge in [0.15, 0.2) is 0 Å². The molecule has 0 bridgehead atoms. The molecule has 1 unspecified atom stereocenters. The zero-order valence-corrected chi connectivity index (χ0v) is 10.2. The van der Waals surface area contributed by atoms with Crippen LogP contribution in [0.5, 0.6) is 0 Å². The molecule has 1 atom stereocenters. The van der Waals surface area contributed by atoms with Crippen LogP contribution in [0.25, 0.3) is 0 Å². The van der Waals surface area contributed by atoms with E-state index in [1.54, 1.807) is 0 Å². The summed E-state index contributed by atoms with van der Waals surface area (Å²) in [4.78, 5) is 20.1. The Hall–Kier alpha value is -1.96. The molecule has 0 spiro atoms. The highest BCUT2D eigenvalue weighted by Gasteiger charge is 2.24. The summed E-state index contributed by atoms with van der Waals surface area (Å²) in [5, 5.41) is 13.9. The van der Waals surface area contributed by atoms with Gasteiger partial charge in [0.25, 0.3) is 0 Å². The maximum absolute atomic E-state index is 10.9. The Morgan fingerprint density at radius 2 is 2.44 bits per heavy atom. The molecule has 1 aliphatic rings. The van der Waals surface area contributed by atoms with E-state index in [0.29, 0.717) is 12.6 Å². The molecule has 1 aliphatic heterocycles. The fourth-order valence-corrected chi connectivity index (χ4v) is 2.15. The van der Waals surface area contributed by atoms with Crippen LogP contribution in [0, 0.1) is 10.1 Å². The molecule has 1 saturated heterocycles. The van der Waals surface area contributed by atoms with E-state index in [1.165, 1.54) is 6.33 Å². The monoisotopic (exact) mass is 252 g/mol. The second kappa shape index (κ2) is 5.13. The lowest BCUT2D eigenvalue weighted by atomic mass is 10.2. The Kier molecular flexibility index (Phi) is 3.56. The molecule has 1 aromatic heterocycles. The molecule has 0 aliphatic carbocycles. The molecule has 2 heterocycles. The predicted octanol–water partition coefficient (Wildman–Crippen LogP) is 0.473. The van der Waals surface area contributed by atoms with E-state index < -0.39 is 4.92 Å². The normalized spacial score (nSPS) is 19.9. The number of hydrogen-bond donors (Lipinski definition) is 2. The summed E-state index contributed by atoms with van der Waals surface area (Å²) in [6, 6.07) is 0.376. The Morgan fingerprint density at radius 3 is 3.06 bits per heavy atom. The maximum Gasteiger partial charge on any atom is 0.352 e. The van der Waals surface area contributed by atoms with Crippen LogP contribution >= 0.6 is 0 Å². The molecule has 98 valence electrons. The van der Waals surface area contributed by atoms with Crippen molar-refractivity contribution in [1.82, 2.24) is 14.9 Å². The molecule has 18 heavy (non-hydrogen) atoms. The molecule has 0 amide bonds. The van der Waals surface area contributed by atoms with Gasteiger partial charge in [-0.1, -0.05) is 0 Å². The van der Waals surface area contributed by atoms with E-state index in [4.69, 9.17) is 5.73 Å². The van der Waals surface area contributed by atoms with E-state index in [-0.39, 0.29) is 17.3 Å². The zero-order valence-electron chi connectivity index (χ0n) is 10.2. The van der Waals surface area contributed by atoms with Gasteiger partial charge < -0.3 is 16.0 Å². The highest BCUT2D eigenvalue weighted by atomic mass is 16.6. The van der Waals surface area contributed by atoms with Crippen molar-refractivity contribution in [2.24, 2.45) is 0 Å². The van der Waals surface area contributed by atoms with Gasteiger partial charge in [-0.3, -0.25) is 10.1 Å². The van der Waals surface area contributed by atoms with Gasteiger partial charge in [-0.15, -0.1) is 0 Å². The van der Waals surface area contributed by atoms with E-state index in [2.05, 4.69) is 20.2 Å². The van der Waals surface area contributed by atoms with Crippen molar-refractivity contribution in [3.05, 3.63) is 16.4 Å². The highest BCUT2D eigenvalue weighted by molar-refractivity contribution is 5.67. The lowest BCUT2D eigenvalue weighted by Gasteiger charge is -2.19. The minimum Gasteiger partial charge on any atom is -0.378 e. The maximum atomic E-state index is 10.9. The third kappa shape index (κ3) is 2.48. The first kappa shape index (κ1) is 12.5. The number of anilines is 2. The van der Waals surface area contributed by atoms with E-state index in [1.807, 2.05) is 7.05 Å². The number of nitrogens with two attached hydrogens (primary N) is 1. The number of nitrogen functional groups attached to an aromatic ring is 1. The number of hydrogen-bond acceptors (Lipinski definition) is 7. The molecule has 1 fully saturated rings. The lowest BCUT2D eigenvalue weighted by molar-refractivity contribution is -0.383. The van der Waals surface area contributed by atoms with Crippen LogP contribution in [0.1, 0.15) is 12.8 Å². The van der Waals surface area contributed by atoms with Gasteiger partial charge in [-0.2, -0.15) is 0 Å². The third-order valence-corrected chi connectivity index (χ3v) is 3.21. The van der Waals surface area contributed by atoms with Gasteiger partial charge >= 0.3 is 5.69 Å². The first-order valence-corrected chi connectivity index (χ1v) is 5.78. The van der Waals surface area contributed by atoms with Crippen LogP contribution in [0.15, 0.2) is 6.33 Å². The molecule has 0 radical (unpaired) electrons. The Bertz CT molecular complexity index is 452. The van der Waals surface area contributed by atoms with Crippen molar-refractivity contribution in [2.45, 2.75) is 18.9 Å². The quantitative estimate of drug-likeness (QED) is 0.592. The smallest absolute Gasteiger partial charge is 0.352 e. The summed E-state index contributed by atoms with van der Waals surface area (Å²) in [5.41, 5.74) is 5.24. The van der Waals surface area contributed by atoms with Gasteiger partial charge in [0.1, 0.15) is 6.33 Å². The van der Waals surface area contributed by atoms with Crippen molar-refractivity contribution in [1.29, 1.82) is 0 Å². The summed E-state index contributed by atoms with van der Waals surface area (Å²) >= 11 is 0. The number of aromatic nitrogens is 2. The number of likely N-dealkylation sites (tertiary alicyclic amines) is 1. The fraction of sp³-hybridized carbons (Fsp3) is 0.600. The Morgan fingerprint density at radius 1 is 1.67 bits per heavy atom. The second-order valence-electron chi connectivity index (χ2n) is 4.37. The highest BCUT2D eigenvalue weighted by Crippen LogP contribution is 2.26. The average Bonchev–Trinajstić information content (AvgIpc) is 2.71. The van der Waals surface area contributed by atoms with Crippen LogP contribution in [0.2, 0.25) is 0 Å². The van der Waals surface area contributed by atoms with Crippen LogP contribution in [-0.2, 0) is 0 Å². The van der Waals surface area contributed by atoms with Gasteiger partial charge in [-0.05, 0) is 26.4 Å². The van der Waals surface area contributed by atoms with Crippen molar-refractivity contribution in [3.8, 4) is 0 Å². The van der Waals surface area contributed by atoms with Gasteiger partial charge in [0, 0.05) is 12.6 Å². The van der Waals surface area contributed by atoms with Crippen LogP contribution in [0.3, 0.4) is 0 Å². The SMILES string of the molecule is CN1CCCC1CNc1ncnc(N)c1[N+](=O)[O-]. The van der Waals surface area contributed by atoms with Gasteiger partial charge in [0.2, 0.25) is 11.6 Å². The Labute approximate surface area is 104 Å². The molecular formula is C10H16N6O2. The molecule has 8 nitrogen and oxygen atoms in total. The van der Waals surface area contributed by atoms with Gasteiger partial charge in [0.05, 0.1) is 4.92 Å². The van der Waals surface area contributed by atoms with Gasteiger partial charge in [-0.25, -0.2) is 9.97 Å². The number of likely N-dealkylation sites (N-methyl/N-ethyl adjacent to an activating group) is 1. The number of nitro groups is 1. The van der Waals surface area contributed by atoms with Crippen molar-refractivity contribution < 1.29 is 4.92 Å². The van der Waals surface area contributed by atoms with Crippen molar-refractivity contribution in [3.63, 3.8) is 0 Å². The average molecular weight is 252 g/mol. The lowest BCUT2D eigenvalue weighted by Crippen LogP contribution is -2.31. The van der Waals surface area contributed by atoms with Crippen LogP contribution < -0.4 is 11.1 Å². The first-order chi connectivity index (χ1) is 8.59. The summed E-state index contributed by atoms with van der Waals surface area (Å²) < 4.78 is 0. The molecular weight excluding hydrogens is 236 g/mol. The molecule has 0 aromatic carbocycles. The number of nitrogens with one attached hydrogen (secondary N) is 1. The van der Waals surface area contributed by atoms with E-state index in [9.17, 15) is 10.1 Å². The van der Waals surface area contributed by atoms with Crippen molar-refractivity contribution in [2.75, 3.05) is 31.2 Å². The first-order valence-electron chi connectivity index (χ1n) is 5.78. The second-order valence-corrected chi connectivity index (χ2v) is 4.37. The number of nitrogens with zero attached hydrogens (tertiary/aromatic N) is 4. The fourth-order valence-electron chi connectivity index (χ4n) is 2.15. The minimum atomic E-state index is -0.559. The molecule has 8 heteroatoms. The Balaban J connectivity index is 2.09. The summed E-state index contributed by atoms with van der Waals surface area (Å²) in [6.45, 7) is 1.67. The molecule has 3 N–H and O–H groups in total. The molecule has 0 saturated carbocycles. The van der Waals surface area contributed by atoms with E-state index in [0.717, 1.165) is 19.4 Å². The molecule has 2 rings (SSSR count). The topological polar surface area (TPSA) is 110 Å². The largest absolute Gasteiger partial charge is 0.378 e. The summed E-state index contributed by atoms with van der Waals surface area (Å²) in [6.07, 6.45) is 3.46. The van der Waals surface area contributed by atoms with E-state index >= 15 is 0 Å². The zero-order chi connectivity index (χ0) is 13.1. The predicted molar refractivity (Wildman–Crippen MR) is 67.2 cm³/mol. The number of rotatable bonds is 4. The standard InChI is InChI=1S/C10H16N6O2/c1-15-4-2-3-7(15)5-12-10-8(16(17)18)9(11)13-6-14-10/h6-7H,2-5H2,1H3,(H3,11,12,13,14). The summed E-state index contributed by atoms with van der Waals surface area (Å²) in [7, 11) is 2.04. The van der Waals surface area contributed by atoms with Crippen LogP contribution in [-0.4, -0.2) is 46.0 Å². The van der Waals surface area contributed by atoms with Crippen LogP contribution in [0.4, 0.5) is 17.3 Å². The van der Waals surface area contributed by atoms with Crippen molar-refractivity contribution >= 4 is 17.3 Å². The molecule has 1 aromatic rings. The third-order valence-electron chi connectivity index (χ3n) is 3.21. The minimum absolute atomic E-state index is 0.114. The summed E-state index contributed by atoms with van der Waals surface area (Å²) in [5.74, 6) is 0.0741.